The van der Waals surface area contributed by atoms with E-state index in [-0.39, 0.29) is 11.6 Å². The molecule has 5 nitrogen and oxygen atoms in total. The first-order valence-electron chi connectivity index (χ1n) is 6.40. The molecule has 1 heterocycles. The Bertz CT molecular complexity index is 545. The van der Waals surface area contributed by atoms with Crippen molar-refractivity contribution in [2.24, 2.45) is 0 Å². The van der Waals surface area contributed by atoms with Gasteiger partial charge >= 0.3 is 0 Å². The molecule has 19 heavy (non-hydrogen) atoms. The van der Waals surface area contributed by atoms with Crippen LogP contribution in [0, 0.1) is 0 Å². The normalized spacial score (nSPS) is 10.4. The van der Waals surface area contributed by atoms with Crippen molar-refractivity contribution in [3.63, 3.8) is 0 Å². The number of carbonyl (C=O) groups excluding carboxylic acids is 1. The molecular formula is C14H18N4O. The number of anilines is 2. The lowest BCUT2D eigenvalue weighted by Gasteiger charge is -2.06. The Morgan fingerprint density at radius 1 is 1.37 bits per heavy atom. The third-order valence-electron chi connectivity index (χ3n) is 2.93. The first-order chi connectivity index (χ1) is 9.20. The van der Waals surface area contributed by atoms with E-state index in [0.29, 0.717) is 5.69 Å². The van der Waals surface area contributed by atoms with Crippen molar-refractivity contribution in [2.75, 3.05) is 11.1 Å². The van der Waals surface area contributed by atoms with Gasteiger partial charge in [-0.1, -0.05) is 25.5 Å². The molecule has 0 spiro atoms. The lowest BCUT2D eigenvalue weighted by atomic mass is 10.1. The Hall–Kier alpha value is -2.30. The van der Waals surface area contributed by atoms with Crippen LogP contribution in [-0.4, -0.2) is 16.1 Å². The van der Waals surface area contributed by atoms with Gasteiger partial charge in [-0.25, -0.2) is 0 Å². The van der Waals surface area contributed by atoms with Gasteiger partial charge in [0.15, 0.2) is 0 Å². The molecule has 0 saturated carbocycles. The average molecular weight is 258 g/mol. The molecule has 1 aromatic carbocycles. The van der Waals surface area contributed by atoms with Gasteiger partial charge in [0, 0.05) is 5.69 Å². The zero-order chi connectivity index (χ0) is 13.7. The summed E-state index contributed by atoms with van der Waals surface area (Å²) in [4.78, 5) is 11.9. The molecular weight excluding hydrogens is 240 g/mol. The van der Waals surface area contributed by atoms with Crippen molar-refractivity contribution in [2.45, 2.75) is 26.2 Å². The summed E-state index contributed by atoms with van der Waals surface area (Å²) < 4.78 is 0. The fourth-order valence-corrected chi connectivity index (χ4v) is 1.81. The van der Waals surface area contributed by atoms with Crippen molar-refractivity contribution >= 4 is 17.3 Å². The average Bonchev–Trinajstić information content (AvgIpc) is 2.84. The van der Waals surface area contributed by atoms with Crippen molar-refractivity contribution in [1.82, 2.24) is 10.2 Å². The van der Waals surface area contributed by atoms with Crippen LogP contribution in [0.3, 0.4) is 0 Å². The van der Waals surface area contributed by atoms with Crippen LogP contribution >= 0.6 is 0 Å². The van der Waals surface area contributed by atoms with Gasteiger partial charge in [-0.05, 0) is 30.5 Å². The summed E-state index contributed by atoms with van der Waals surface area (Å²) in [5, 5.41) is 9.08. The number of benzene rings is 1. The lowest BCUT2D eigenvalue weighted by molar-refractivity contribution is 0.102. The monoisotopic (exact) mass is 258 g/mol. The standard InChI is InChI=1S/C14H18N4O/c1-2-3-4-10-5-7-11(8-6-10)17-14(19)13-12(15)9-16-18-13/h5-9H,2-4,15H2,1H3,(H,16,18)(H,17,19). The van der Waals surface area contributed by atoms with Gasteiger partial charge in [-0.3, -0.25) is 9.89 Å². The molecule has 0 radical (unpaired) electrons. The Kier molecular flexibility index (Phi) is 4.18. The Morgan fingerprint density at radius 2 is 2.11 bits per heavy atom. The summed E-state index contributed by atoms with van der Waals surface area (Å²) in [6.45, 7) is 2.17. The molecule has 0 atom stereocenters. The second-order valence-electron chi connectivity index (χ2n) is 4.45. The molecule has 100 valence electrons. The number of hydrogen-bond acceptors (Lipinski definition) is 3. The number of nitrogens with zero attached hydrogens (tertiary/aromatic N) is 1. The highest BCUT2D eigenvalue weighted by molar-refractivity contribution is 6.06. The van der Waals surface area contributed by atoms with Gasteiger partial charge in [-0.15, -0.1) is 0 Å². The fraction of sp³-hybridized carbons (Fsp3) is 0.286. The largest absolute Gasteiger partial charge is 0.396 e. The second kappa shape index (κ2) is 6.04. The topological polar surface area (TPSA) is 83.8 Å². The first-order valence-corrected chi connectivity index (χ1v) is 6.40. The van der Waals surface area contributed by atoms with E-state index in [1.807, 2.05) is 24.3 Å². The van der Waals surface area contributed by atoms with Crippen molar-refractivity contribution in [1.29, 1.82) is 0 Å². The van der Waals surface area contributed by atoms with Crippen LogP contribution in [0.1, 0.15) is 35.8 Å². The molecule has 0 aliphatic carbocycles. The van der Waals surface area contributed by atoms with Crippen LogP contribution < -0.4 is 11.1 Å². The Labute approximate surface area is 112 Å². The minimum atomic E-state index is -0.281. The van der Waals surface area contributed by atoms with Crippen molar-refractivity contribution in [3.8, 4) is 0 Å². The summed E-state index contributed by atoms with van der Waals surface area (Å²) in [5.74, 6) is -0.281. The predicted octanol–water partition coefficient (Wildman–Crippen LogP) is 2.59. The number of aromatic amines is 1. The summed E-state index contributed by atoms with van der Waals surface area (Å²) >= 11 is 0. The number of rotatable bonds is 5. The Balaban J connectivity index is 2.00. The highest BCUT2D eigenvalue weighted by Gasteiger charge is 2.11. The first kappa shape index (κ1) is 13.1. The number of carbonyl (C=O) groups is 1. The highest BCUT2D eigenvalue weighted by Crippen LogP contribution is 2.14. The van der Waals surface area contributed by atoms with Crippen LogP contribution in [0.25, 0.3) is 0 Å². The maximum absolute atomic E-state index is 11.9. The van der Waals surface area contributed by atoms with Crippen molar-refractivity contribution in [3.05, 3.63) is 41.7 Å². The van der Waals surface area contributed by atoms with Gasteiger partial charge in [0.05, 0.1) is 11.9 Å². The molecule has 2 aromatic rings. The maximum atomic E-state index is 11.9. The van der Waals surface area contributed by atoms with E-state index < -0.39 is 0 Å². The highest BCUT2D eigenvalue weighted by atomic mass is 16.1. The third kappa shape index (κ3) is 3.34. The molecule has 5 heteroatoms. The fourth-order valence-electron chi connectivity index (χ4n) is 1.81. The Morgan fingerprint density at radius 3 is 2.68 bits per heavy atom. The van der Waals surface area contributed by atoms with E-state index >= 15 is 0 Å². The molecule has 1 aromatic heterocycles. The van der Waals surface area contributed by atoms with Gasteiger partial charge in [0.1, 0.15) is 5.69 Å². The zero-order valence-electron chi connectivity index (χ0n) is 10.9. The summed E-state index contributed by atoms with van der Waals surface area (Å²) in [7, 11) is 0. The van der Waals surface area contributed by atoms with Crippen molar-refractivity contribution < 1.29 is 4.79 Å². The van der Waals surface area contributed by atoms with E-state index in [9.17, 15) is 4.79 Å². The smallest absolute Gasteiger partial charge is 0.275 e. The molecule has 0 aliphatic rings. The molecule has 0 aliphatic heterocycles. The number of H-pyrrole nitrogens is 1. The van der Waals surface area contributed by atoms with Gasteiger partial charge in [0.25, 0.3) is 5.91 Å². The summed E-state index contributed by atoms with van der Waals surface area (Å²) in [6.07, 6.45) is 4.84. The quantitative estimate of drug-likeness (QED) is 0.770. The number of aromatic nitrogens is 2. The molecule has 0 saturated heterocycles. The molecule has 4 N–H and O–H groups in total. The number of nitrogen functional groups attached to an aromatic ring is 1. The number of amides is 1. The van der Waals surface area contributed by atoms with Crippen LogP contribution in [0.2, 0.25) is 0 Å². The minimum Gasteiger partial charge on any atom is -0.396 e. The number of hydrogen-bond donors (Lipinski definition) is 3. The van der Waals surface area contributed by atoms with E-state index in [1.54, 1.807) is 0 Å². The summed E-state index contributed by atoms with van der Waals surface area (Å²) in [5.41, 5.74) is 8.28. The predicted molar refractivity (Wildman–Crippen MR) is 76.0 cm³/mol. The molecule has 0 bridgehead atoms. The van der Waals surface area contributed by atoms with Gasteiger partial charge in [-0.2, -0.15) is 5.10 Å². The van der Waals surface area contributed by atoms with Crippen LogP contribution in [0.4, 0.5) is 11.4 Å². The SMILES string of the molecule is CCCCc1ccc(NC(=O)c2[nH]ncc2N)cc1. The van der Waals surface area contributed by atoms with E-state index in [1.165, 1.54) is 24.6 Å². The van der Waals surface area contributed by atoms with Crippen LogP contribution in [-0.2, 0) is 6.42 Å². The second-order valence-corrected chi connectivity index (χ2v) is 4.45. The minimum absolute atomic E-state index is 0.281. The third-order valence-corrected chi connectivity index (χ3v) is 2.93. The van der Waals surface area contributed by atoms with Crippen LogP contribution in [0.15, 0.2) is 30.5 Å². The van der Waals surface area contributed by atoms with E-state index in [4.69, 9.17) is 5.73 Å². The van der Waals surface area contributed by atoms with E-state index in [0.717, 1.165) is 12.1 Å². The lowest BCUT2D eigenvalue weighted by Crippen LogP contribution is -2.14. The molecule has 0 unspecified atom stereocenters. The van der Waals surface area contributed by atoms with Crippen LogP contribution in [0.5, 0.6) is 0 Å². The van der Waals surface area contributed by atoms with E-state index in [2.05, 4.69) is 22.4 Å². The molecule has 0 fully saturated rings. The number of aryl methyl sites for hydroxylation is 1. The summed E-state index contributed by atoms with van der Waals surface area (Å²) in [6, 6.07) is 7.86. The number of nitrogens with two attached hydrogens (primary N) is 1. The van der Waals surface area contributed by atoms with Gasteiger partial charge < -0.3 is 11.1 Å². The number of unbranched alkanes of at least 4 members (excludes halogenated alkanes) is 1. The molecule has 1 amide bonds. The zero-order valence-corrected chi connectivity index (χ0v) is 10.9. The molecule has 2 rings (SSSR count). The van der Waals surface area contributed by atoms with Gasteiger partial charge in [0.2, 0.25) is 0 Å². The number of nitrogens with one attached hydrogen (secondary N) is 2. The maximum Gasteiger partial charge on any atom is 0.275 e.